The number of hydrogen-bond acceptors (Lipinski definition) is 9. The molecule has 4 aliphatic rings. The number of nitrogens with zero attached hydrogens (tertiary/aromatic N) is 4. The van der Waals surface area contributed by atoms with E-state index in [1.807, 2.05) is 49.8 Å². The minimum atomic E-state index is -0.700. The van der Waals surface area contributed by atoms with E-state index in [9.17, 15) is 19.2 Å². The number of imidazole rings is 2. The van der Waals surface area contributed by atoms with Crippen LogP contribution in [-0.4, -0.2) is 92.6 Å². The third-order valence-corrected chi connectivity index (χ3v) is 12.6. The molecule has 6 atom stereocenters. The Labute approximate surface area is 341 Å². The topological polar surface area (TPSA) is 184 Å². The van der Waals surface area contributed by atoms with Crippen LogP contribution in [0.3, 0.4) is 0 Å². The normalized spacial score (nSPS) is 21.5. The lowest BCUT2D eigenvalue weighted by atomic mass is 9.92. The molecule has 2 aromatic heterocycles. The van der Waals surface area contributed by atoms with Crippen molar-refractivity contribution < 1.29 is 33.4 Å². The van der Waals surface area contributed by atoms with E-state index >= 15 is 0 Å². The van der Waals surface area contributed by atoms with Gasteiger partial charge in [-0.3, -0.25) is 9.59 Å². The fourth-order valence-electron chi connectivity index (χ4n) is 9.36. The molecule has 59 heavy (non-hydrogen) atoms. The molecule has 0 unspecified atom stereocenters. The van der Waals surface area contributed by atoms with Gasteiger partial charge in [0.25, 0.3) is 0 Å². The fourth-order valence-corrected chi connectivity index (χ4v) is 9.36. The summed E-state index contributed by atoms with van der Waals surface area (Å²) in [5.41, 5.74) is 6.65. The predicted molar refractivity (Wildman–Crippen MR) is 219 cm³/mol. The Balaban J connectivity index is 0.962. The van der Waals surface area contributed by atoms with Crippen LogP contribution in [0.4, 0.5) is 9.59 Å². The van der Waals surface area contributed by atoms with Gasteiger partial charge in [0.2, 0.25) is 11.8 Å². The summed E-state index contributed by atoms with van der Waals surface area (Å²) in [7, 11) is 2.59. The van der Waals surface area contributed by atoms with Gasteiger partial charge in [0, 0.05) is 23.5 Å². The second-order valence-corrected chi connectivity index (χ2v) is 17.0. The highest BCUT2D eigenvalue weighted by atomic mass is 16.5. The number of piperidine rings is 1. The molecule has 9 rings (SSSR count). The summed E-state index contributed by atoms with van der Waals surface area (Å²) >= 11 is 0. The number of rotatable bonds is 9. The number of ether oxygens (including phenoxy) is 3. The van der Waals surface area contributed by atoms with Crippen molar-refractivity contribution in [1.29, 1.82) is 0 Å². The number of hydrogen-bond donors (Lipinski definition) is 4. The van der Waals surface area contributed by atoms with Crippen molar-refractivity contribution in [3.63, 3.8) is 0 Å². The van der Waals surface area contributed by atoms with Gasteiger partial charge in [-0.2, -0.15) is 0 Å². The molecule has 1 saturated carbocycles. The van der Waals surface area contributed by atoms with Crippen LogP contribution in [0, 0.1) is 17.8 Å². The average Bonchev–Trinajstić information content (AvgIpc) is 3.75. The molecule has 15 nitrogen and oxygen atoms in total. The zero-order chi connectivity index (χ0) is 41.3. The van der Waals surface area contributed by atoms with Crippen molar-refractivity contribution >= 4 is 45.8 Å². The van der Waals surface area contributed by atoms with Gasteiger partial charge < -0.3 is 44.6 Å². The predicted octanol–water partition coefficient (Wildman–Crippen LogP) is 6.75. The number of nitrogens with one attached hydrogen (secondary N) is 4. The molecule has 5 aromatic rings. The number of likely N-dealkylation sites (tertiary alicyclic amines) is 2. The lowest BCUT2D eigenvalue weighted by Crippen LogP contribution is -2.52. The molecule has 2 saturated heterocycles. The minimum absolute atomic E-state index is 0.110. The van der Waals surface area contributed by atoms with E-state index in [1.54, 1.807) is 0 Å². The summed E-state index contributed by atoms with van der Waals surface area (Å²) in [6, 6.07) is 13.0. The molecule has 5 heterocycles. The van der Waals surface area contributed by atoms with E-state index in [0.717, 1.165) is 87.0 Å². The maximum Gasteiger partial charge on any atom is 0.407 e. The van der Waals surface area contributed by atoms with E-state index in [0.29, 0.717) is 24.9 Å². The monoisotopic (exact) mass is 802 g/mol. The Morgan fingerprint density at radius 1 is 0.847 bits per heavy atom. The van der Waals surface area contributed by atoms with Crippen molar-refractivity contribution in [2.45, 2.75) is 90.2 Å². The van der Waals surface area contributed by atoms with Crippen LogP contribution in [0.2, 0.25) is 0 Å². The number of fused-ring (bicyclic) bond motifs is 7. The van der Waals surface area contributed by atoms with Crippen LogP contribution in [0.5, 0.6) is 5.75 Å². The molecular weight excluding hydrogens is 753 g/mol. The second-order valence-electron chi connectivity index (χ2n) is 17.0. The summed E-state index contributed by atoms with van der Waals surface area (Å²) in [5.74, 6) is 2.17. The summed E-state index contributed by atoms with van der Waals surface area (Å²) < 4.78 is 16.0. The second kappa shape index (κ2) is 14.9. The van der Waals surface area contributed by atoms with Crippen molar-refractivity contribution in [2.24, 2.45) is 17.8 Å². The van der Waals surface area contributed by atoms with E-state index < -0.39 is 24.3 Å². The standard InChI is InChI=1S/C44H50N8O7/c1-21(2)36(49-43(55)57-5)41(53)51-13-7-8-32(51)39-45-19-31(47-39)24-9-11-27-26(14-24)20-59-35-18-28-23(15-29(27)35)10-12-30-38(28)48-40(46-30)34-17-25-16-33(25)52(34)42(54)37(22(3)4)50-44(56)58-6/h9-12,14-15,18-19,21-22,25,32-34,36-37H,7-8,13,16-17,20H2,1-6H3,(H,45,47)(H,46,48)(H,49,55)(H,50,56)/t25-,32+,33-,34+,36+,37+/m1/s1. The summed E-state index contributed by atoms with van der Waals surface area (Å²) in [5, 5.41) is 7.48. The Kier molecular flexibility index (Phi) is 9.71. The van der Waals surface area contributed by atoms with Crippen molar-refractivity contribution in [3.8, 4) is 28.1 Å². The molecule has 0 spiro atoms. The number of benzene rings is 3. The molecule has 1 aliphatic carbocycles. The Bertz CT molecular complexity index is 2490. The van der Waals surface area contributed by atoms with Gasteiger partial charge in [0.1, 0.15) is 36.1 Å². The molecule has 4 amide bonds. The molecule has 3 fully saturated rings. The number of carbonyl (C=O) groups excluding carboxylic acids is 4. The van der Waals surface area contributed by atoms with E-state index in [4.69, 9.17) is 24.2 Å². The highest BCUT2D eigenvalue weighted by Gasteiger charge is 2.56. The number of H-pyrrole nitrogens is 2. The van der Waals surface area contributed by atoms with Crippen molar-refractivity contribution in [2.75, 3.05) is 20.8 Å². The van der Waals surface area contributed by atoms with E-state index in [2.05, 4.69) is 57.0 Å². The molecule has 15 heteroatoms. The first kappa shape index (κ1) is 38.4. The van der Waals surface area contributed by atoms with Gasteiger partial charge in [-0.05, 0) is 89.8 Å². The van der Waals surface area contributed by atoms with Gasteiger partial charge in [0.05, 0.1) is 49.2 Å². The first-order chi connectivity index (χ1) is 28.4. The van der Waals surface area contributed by atoms with Crippen LogP contribution in [0.1, 0.15) is 82.7 Å². The molecule has 0 bridgehead atoms. The van der Waals surface area contributed by atoms with Crippen molar-refractivity contribution in [3.05, 3.63) is 65.9 Å². The summed E-state index contributed by atoms with van der Waals surface area (Å²) in [6.45, 7) is 8.62. The molecule has 3 aromatic carbocycles. The van der Waals surface area contributed by atoms with Gasteiger partial charge >= 0.3 is 12.2 Å². The Morgan fingerprint density at radius 2 is 1.59 bits per heavy atom. The van der Waals surface area contributed by atoms with Gasteiger partial charge in [-0.15, -0.1) is 0 Å². The van der Waals surface area contributed by atoms with Gasteiger partial charge in [-0.25, -0.2) is 19.6 Å². The quantitative estimate of drug-likeness (QED) is 0.125. The maximum absolute atomic E-state index is 14.0. The number of alkyl carbamates (subject to hydrolysis) is 2. The third kappa shape index (κ3) is 6.79. The first-order valence-electron chi connectivity index (χ1n) is 20.5. The summed E-state index contributed by atoms with van der Waals surface area (Å²) in [6.07, 6.45) is 3.95. The average molecular weight is 803 g/mol. The van der Waals surface area contributed by atoms with Crippen LogP contribution in [0.15, 0.2) is 48.7 Å². The lowest BCUT2D eigenvalue weighted by Gasteiger charge is -2.31. The first-order valence-corrected chi connectivity index (χ1v) is 20.5. The zero-order valence-corrected chi connectivity index (χ0v) is 34.1. The van der Waals surface area contributed by atoms with Gasteiger partial charge in [-0.1, -0.05) is 45.9 Å². The smallest absolute Gasteiger partial charge is 0.407 e. The maximum atomic E-state index is 14.0. The SMILES string of the molecule is COC(=O)N[C@H](C(=O)N1CCC[C@H]1c1ncc(-c2ccc3c(c2)COc2cc4c(ccc5nc([C@@H]6C[C@H]7C[C@H]7N6C(=O)[C@@H](NC(=O)OC)C(C)C)[nH]c54)cc2-3)[nH]1)C(C)C. The summed E-state index contributed by atoms with van der Waals surface area (Å²) in [4.78, 5) is 72.4. The molecule has 308 valence electrons. The zero-order valence-electron chi connectivity index (χ0n) is 34.1. The van der Waals surface area contributed by atoms with E-state index in [-0.39, 0.29) is 41.8 Å². The molecule has 4 N–H and O–H groups in total. The van der Waals surface area contributed by atoms with E-state index in [1.165, 1.54) is 14.2 Å². The Morgan fingerprint density at radius 3 is 2.32 bits per heavy atom. The molecule has 0 radical (unpaired) electrons. The van der Waals surface area contributed by atoms with Crippen LogP contribution in [-0.2, 0) is 25.7 Å². The van der Waals surface area contributed by atoms with Crippen LogP contribution in [0.25, 0.3) is 44.2 Å². The Hall–Kier alpha value is -6.12. The lowest BCUT2D eigenvalue weighted by molar-refractivity contribution is -0.137. The largest absolute Gasteiger partial charge is 0.488 e. The molecule has 3 aliphatic heterocycles. The van der Waals surface area contributed by atoms with Gasteiger partial charge in [0.15, 0.2) is 0 Å². The molecular formula is C44H50N8O7. The number of carbonyl (C=O) groups is 4. The number of aromatic nitrogens is 4. The van der Waals surface area contributed by atoms with Crippen molar-refractivity contribution in [1.82, 2.24) is 40.4 Å². The van der Waals surface area contributed by atoms with Crippen LogP contribution >= 0.6 is 0 Å². The number of methoxy groups -OCH3 is 2. The number of amides is 4. The van der Waals surface area contributed by atoms with Crippen LogP contribution < -0.4 is 15.4 Å². The highest BCUT2D eigenvalue weighted by Crippen LogP contribution is 2.54. The fraction of sp³-hybridized carbons (Fsp3) is 0.455. The minimum Gasteiger partial charge on any atom is -0.488 e. The third-order valence-electron chi connectivity index (χ3n) is 12.6. The highest BCUT2D eigenvalue weighted by molar-refractivity contribution is 6.07. The number of aromatic amines is 2.